The van der Waals surface area contributed by atoms with Gasteiger partial charge in [0.05, 0.1) is 8.95 Å². The van der Waals surface area contributed by atoms with E-state index in [9.17, 15) is 9.59 Å². The molecule has 5 nitrogen and oxygen atoms in total. The largest absolute Gasteiger partial charge is 0.486 e. The van der Waals surface area contributed by atoms with Gasteiger partial charge in [0.15, 0.2) is 0 Å². The summed E-state index contributed by atoms with van der Waals surface area (Å²) in [6, 6.07) is 10.7. The van der Waals surface area contributed by atoms with Gasteiger partial charge in [-0.2, -0.15) is 0 Å². The number of nitrogens with one attached hydrogen (secondary N) is 1. The summed E-state index contributed by atoms with van der Waals surface area (Å²) in [6.07, 6.45) is 2.35. The molecule has 1 N–H and O–H groups in total. The number of hydrogen-bond donors (Lipinski definition) is 1. The SMILES string of the molecule is CCCN1C(=O)N/C(=C/c2cc(Br)c(OCc3ccccc3Cl)c(Br)c2)C1=O. The van der Waals surface area contributed by atoms with Crippen LogP contribution in [-0.2, 0) is 11.4 Å². The first-order chi connectivity index (χ1) is 13.4. The molecule has 1 heterocycles. The zero-order chi connectivity index (χ0) is 20.3. The Morgan fingerprint density at radius 1 is 1.18 bits per heavy atom. The van der Waals surface area contributed by atoms with Gasteiger partial charge in [0.2, 0.25) is 0 Å². The number of carbonyl (C=O) groups is 2. The van der Waals surface area contributed by atoms with Gasteiger partial charge in [-0.15, -0.1) is 0 Å². The van der Waals surface area contributed by atoms with Crippen molar-refractivity contribution >= 4 is 61.5 Å². The second kappa shape index (κ2) is 9.11. The lowest BCUT2D eigenvalue weighted by Crippen LogP contribution is -2.31. The molecule has 0 spiro atoms. The zero-order valence-electron chi connectivity index (χ0n) is 15.0. The Morgan fingerprint density at radius 3 is 2.50 bits per heavy atom. The molecule has 0 bridgehead atoms. The summed E-state index contributed by atoms with van der Waals surface area (Å²) in [5, 5.41) is 3.26. The van der Waals surface area contributed by atoms with Crippen molar-refractivity contribution in [3.05, 3.63) is 67.2 Å². The quantitative estimate of drug-likeness (QED) is 0.384. The van der Waals surface area contributed by atoms with Gasteiger partial charge >= 0.3 is 6.03 Å². The van der Waals surface area contributed by atoms with Crippen molar-refractivity contribution in [1.82, 2.24) is 10.2 Å². The Bertz CT molecular complexity index is 939. The fourth-order valence-corrected chi connectivity index (χ4v) is 4.37. The monoisotopic (exact) mass is 526 g/mol. The highest BCUT2D eigenvalue weighted by molar-refractivity contribution is 9.11. The minimum Gasteiger partial charge on any atom is -0.486 e. The molecule has 3 amide bonds. The van der Waals surface area contributed by atoms with E-state index >= 15 is 0 Å². The summed E-state index contributed by atoms with van der Waals surface area (Å²) >= 11 is 13.2. The normalized spacial score (nSPS) is 15.3. The van der Waals surface area contributed by atoms with Crippen LogP contribution in [0.2, 0.25) is 5.02 Å². The molecule has 1 saturated heterocycles. The lowest BCUT2D eigenvalue weighted by molar-refractivity contribution is -0.122. The average Bonchev–Trinajstić information content (AvgIpc) is 2.90. The fourth-order valence-electron chi connectivity index (χ4n) is 2.73. The number of halogens is 3. The summed E-state index contributed by atoms with van der Waals surface area (Å²) in [7, 11) is 0. The van der Waals surface area contributed by atoms with E-state index < -0.39 is 6.03 Å². The van der Waals surface area contributed by atoms with E-state index in [0.29, 0.717) is 39.3 Å². The Balaban J connectivity index is 1.79. The third kappa shape index (κ3) is 4.59. The van der Waals surface area contributed by atoms with Crippen molar-refractivity contribution in [2.75, 3.05) is 6.54 Å². The summed E-state index contributed by atoms with van der Waals surface area (Å²) in [5.41, 5.74) is 1.87. The van der Waals surface area contributed by atoms with E-state index in [1.165, 1.54) is 4.90 Å². The molecule has 0 saturated carbocycles. The molecule has 0 unspecified atom stereocenters. The Labute approximate surface area is 184 Å². The van der Waals surface area contributed by atoms with E-state index in [1.807, 2.05) is 43.3 Å². The third-order valence-corrected chi connectivity index (χ3v) is 5.62. The Kier molecular flexibility index (Phi) is 6.80. The van der Waals surface area contributed by atoms with Crippen LogP contribution in [0.3, 0.4) is 0 Å². The van der Waals surface area contributed by atoms with E-state index in [4.69, 9.17) is 16.3 Å². The predicted molar refractivity (Wildman–Crippen MR) is 116 cm³/mol. The first kappa shape index (κ1) is 20.9. The van der Waals surface area contributed by atoms with Crippen LogP contribution >= 0.6 is 43.5 Å². The molecule has 0 aliphatic carbocycles. The zero-order valence-corrected chi connectivity index (χ0v) is 18.9. The molecule has 0 atom stereocenters. The minimum absolute atomic E-state index is 0.252. The first-order valence-electron chi connectivity index (χ1n) is 8.60. The highest BCUT2D eigenvalue weighted by Crippen LogP contribution is 2.36. The number of imide groups is 1. The molecule has 8 heteroatoms. The van der Waals surface area contributed by atoms with E-state index in [-0.39, 0.29) is 11.6 Å². The smallest absolute Gasteiger partial charge is 0.329 e. The molecule has 1 fully saturated rings. The van der Waals surface area contributed by atoms with E-state index in [1.54, 1.807) is 6.08 Å². The van der Waals surface area contributed by atoms with Crippen LogP contribution in [-0.4, -0.2) is 23.4 Å². The van der Waals surface area contributed by atoms with Crippen molar-refractivity contribution in [3.63, 3.8) is 0 Å². The van der Waals surface area contributed by atoms with Gasteiger partial charge < -0.3 is 10.1 Å². The average molecular weight is 529 g/mol. The van der Waals surface area contributed by atoms with Crippen LogP contribution < -0.4 is 10.1 Å². The van der Waals surface area contributed by atoms with Crippen LogP contribution in [0, 0.1) is 0 Å². The van der Waals surface area contributed by atoms with Gasteiger partial charge in [0.25, 0.3) is 5.91 Å². The molecule has 3 rings (SSSR count). The number of carbonyl (C=O) groups excluding carboxylic acids is 2. The molecular formula is C20H17Br2ClN2O3. The lowest BCUT2D eigenvalue weighted by Gasteiger charge is -2.12. The van der Waals surface area contributed by atoms with Crippen LogP contribution in [0.5, 0.6) is 5.75 Å². The van der Waals surface area contributed by atoms with Gasteiger partial charge in [-0.3, -0.25) is 9.69 Å². The number of nitrogens with zero attached hydrogens (tertiary/aromatic N) is 1. The summed E-state index contributed by atoms with van der Waals surface area (Å²) in [5.74, 6) is 0.301. The molecule has 0 radical (unpaired) electrons. The van der Waals surface area contributed by atoms with Crippen LogP contribution in [0.4, 0.5) is 4.79 Å². The van der Waals surface area contributed by atoms with Gasteiger partial charge in [-0.1, -0.05) is 36.7 Å². The van der Waals surface area contributed by atoms with Gasteiger partial charge in [-0.25, -0.2) is 4.79 Å². The van der Waals surface area contributed by atoms with Crippen molar-refractivity contribution in [2.24, 2.45) is 0 Å². The maximum absolute atomic E-state index is 12.4. The second-order valence-electron chi connectivity index (χ2n) is 6.14. The van der Waals surface area contributed by atoms with Crippen LogP contribution in [0.25, 0.3) is 6.08 Å². The topological polar surface area (TPSA) is 58.6 Å². The number of urea groups is 1. The summed E-state index contributed by atoms with van der Waals surface area (Å²) < 4.78 is 7.32. The number of ether oxygens (including phenoxy) is 1. The van der Waals surface area contributed by atoms with Gasteiger partial charge in [0.1, 0.15) is 18.1 Å². The second-order valence-corrected chi connectivity index (χ2v) is 8.25. The van der Waals surface area contributed by atoms with Gasteiger partial charge in [0, 0.05) is 17.1 Å². The van der Waals surface area contributed by atoms with Gasteiger partial charge in [-0.05, 0) is 68.1 Å². The van der Waals surface area contributed by atoms with Crippen LogP contribution in [0.1, 0.15) is 24.5 Å². The lowest BCUT2D eigenvalue weighted by atomic mass is 10.2. The molecular weight excluding hydrogens is 511 g/mol. The number of hydrogen-bond acceptors (Lipinski definition) is 3. The Morgan fingerprint density at radius 2 is 1.86 bits per heavy atom. The third-order valence-electron chi connectivity index (χ3n) is 4.07. The number of rotatable bonds is 6. The standard InChI is InChI=1S/C20H17Br2ClN2O3/c1-2-7-25-19(26)17(24-20(25)27)10-12-8-14(21)18(15(22)9-12)28-11-13-5-3-4-6-16(13)23/h3-6,8-10H,2,7,11H2,1H3,(H,24,27)/b17-10+. The summed E-state index contributed by atoms with van der Waals surface area (Å²) in [6.45, 7) is 2.62. The van der Waals surface area contributed by atoms with E-state index in [2.05, 4.69) is 37.2 Å². The maximum Gasteiger partial charge on any atom is 0.329 e. The van der Waals surface area contributed by atoms with Crippen molar-refractivity contribution in [1.29, 1.82) is 0 Å². The fraction of sp³-hybridized carbons (Fsp3) is 0.200. The molecule has 1 aliphatic heterocycles. The molecule has 2 aromatic rings. The van der Waals surface area contributed by atoms with Crippen molar-refractivity contribution in [3.8, 4) is 5.75 Å². The molecule has 0 aromatic heterocycles. The molecule has 1 aliphatic rings. The number of amides is 3. The minimum atomic E-state index is -0.393. The first-order valence-corrected chi connectivity index (χ1v) is 10.6. The van der Waals surface area contributed by atoms with Crippen molar-refractivity contribution < 1.29 is 14.3 Å². The molecule has 146 valence electrons. The highest BCUT2D eigenvalue weighted by Gasteiger charge is 2.32. The number of benzene rings is 2. The van der Waals surface area contributed by atoms with E-state index in [0.717, 1.165) is 11.1 Å². The predicted octanol–water partition coefficient (Wildman–Crippen LogP) is 5.75. The summed E-state index contributed by atoms with van der Waals surface area (Å²) in [4.78, 5) is 25.5. The molecule has 2 aromatic carbocycles. The van der Waals surface area contributed by atoms with Crippen molar-refractivity contribution in [2.45, 2.75) is 20.0 Å². The Hall–Kier alpha value is -1.83. The van der Waals surface area contributed by atoms with Crippen LogP contribution in [0.15, 0.2) is 51.0 Å². The highest BCUT2D eigenvalue weighted by atomic mass is 79.9. The maximum atomic E-state index is 12.4. The molecule has 28 heavy (non-hydrogen) atoms.